The van der Waals surface area contributed by atoms with Crippen LogP contribution in [0.3, 0.4) is 0 Å². The summed E-state index contributed by atoms with van der Waals surface area (Å²) in [5.74, 6) is 0. The molecule has 0 aliphatic carbocycles. The largest absolute Gasteiger partial charge is 0.382 e. The first kappa shape index (κ1) is 22.4. The number of non-ortho nitro benzene ring substituents is 1. The molecule has 0 radical (unpaired) electrons. The van der Waals surface area contributed by atoms with Gasteiger partial charge in [0.1, 0.15) is 11.8 Å². The lowest BCUT2D eigenvalue weighted by molar-refractivity contribution is -0.384. The van der Waals surface area contributed by atoms with E-state index in [-0.39, 0.29) is 38.7 Å². The minimum atomic E-state index is -1.44. The van der Waals surface area contributed by atoms with E-state index >= 15 is 0 Å². The molecule has 0 saturated heterocycles. The fourth-order valence-electron chi connectivity index (χ4n) is 3.11. The maximum atomic E-state index is 12.9. The van der Waals surface area contributed by atoms with Crippen molar-refractivity contribution in [2.75, 3.05) is 5.43 Å². The molecule has 0 spiro atoms. The molecule has 1 aromatic heterocycles. The minimum Gasteiger partial charge on any atom is -0.382 e. The molecule has 1 heterocycles. The van der Waals surface area contributed by atoms with Gasteiger partial charge >= 0.3 is 0 Å². The monoisotopic (exact) mass is 483 g/mol. The van der Waals surface area contributed by atoms with Crippen LogP contribution in [0.25, 0.3) is 11.0 Å². The van der Waals surface area contributed by atoms with E-state index < -0.39 is 16.6 Å². The Bertz CT molecular complexity index is 1440. The van der Waals surface area contributed by atoms with Crippen molar-refractivity contribution in [2.24, 2.45) is 5.10 Å². The van der Waals surface area contributed by atoms with Crippen LogP contribution in [0.5, 0.6) is 0 Å². The lowest BCUT2D eigenvalue weighted by Gasteiger charge is -2.16. The highest BCUT2D eigenvalue weighted by Gasteiger charge is 2.25. The van der Waals surface area contributed by atoms with Crippen molar-refractivity contribution in [1.29, 1.82) is 0 Å². The van der Waals surface area contributed by atoms with Crippen LogP contribution in [-0.2, 0) is 0 Å². The Morgan fingerprint density at radius 1 is 1.12 bits per heavy atom. The van der Waals surface area contributed by atoms with Crippen LogP contribution in [0.1, 0.15) is 17.4 Å². The van der Waals surface area contributed by atoms with Gasteiger partial charge in [-0.25, -0.2) is 4.98 Å². The first-order valence-corrected chi connectivity index (χ1v) is 10.3. The summed E-state index contributed by atoms with van der Waals surface area (Å²) < 4.78 is 0. The molecule has 166 valence electrons. The standard InChI is InChI=1S/C22H15Cl2N5O4/c23-12-6-8-15(16(24)10-12)21(30)19(28-27-13-4-2-1-3-5-13)20-22(31)26-18-11-14(29(32)33)7-9-17(18)25-20/h1-11,21,27,30H,(H,26,31)/b28-19-. The van der Waals surface area contributed by atoms with Crippen molar-refractivity contribution < 1.29 is 10.0 Å². The average Bonchev–Trinajstić information content (AvgIpc) is 2.79. The summed E-state index contributed by atoms with van der Waals surface area (Å²) in [7, 11) is 0. The predicted octanol–water partition coefficient (Wildman–Crippen LogP) is 4.69. The maximum absolute atomic E-state index is 12.9. The molecule has 0 fully saturated rings. The molecule has 0 amide bonds. The van der Waals surface area contributed by atoms with Gasteiger partial charge in [-0.15, -0.1) is 0 Å². The van der Waals surface area contributed by atoms with Gasteiger partial charge in [0.05, 0.1) is 21.6 Å². The maximum Gasteiger partial charge on any atom is 0.276 e. The quantitative estimate of drug-likeness (QED) is 0.207. The Kier molecular flexibility index (Phi) is 6.36. The van der Waals surface area contributed by atoms with Gasteiger partial charge in [-0.1, -0.05) is 47.5 Å². The summed E-state index contributed by atoms with van der Waals surface area (Å²) in [6.07, 6.45) is -1.44. The molecular formula is C22H15Cl2N5O4. The van der Waals surface area contributed by atoms with Gasteiger partial charge in [0.2, 0.25) is 0 Å². The number of halogens is 2. The molecule has 0 saturated carbocycles. The minimum absolute atomic E-state index is 0.107. The zero-order valence-corrected chi connectivity index (χ0v) is 18.2. The predicted molar refractivity (Wildman–Crippen MR) is 127 cm³/mol. The van der Waals surface area contributed by atoms with Crippen molar-refractivity contribution >= 4 is 51.3 Å². The number of nitro groups is 1. The Morgan fingerprint density at radius 3 is 2.58 bits per heavy atom. The lowest BCUT2D eigenvalue weighted by atomic mass is 10.0. The van der Waals surface area contributed by atoms with Crippen LogP contribution < -0.4 is 11.0 Å². The number of rotatable bonds is 6. The van der Waals surface area contributed by atoms with E-state index in [9.17, 15) is 20.0 Å². The first-order valence-electron chi connectivity index (χ1n) is 9.54. The van der Waals surface area contributed by atoms with Crippen LogP contribution in [0.15, 0.2) is 76.6 Å². The number of nitro benzene ring substituents is 1. The molecule has 0 aliphatic rings. The summed E-state index contributed by atoms with van der Waals surface area (Å²) in [6, 6.07) is 17.3. The fraction of sp³-hybridized carbons (Fsp3) is 0.0455. The Balaban J connectivity index is 1.85. The molecule has 1 atom stereocenters. The van der Waals surface area contributed by atoms with E-state index in [0.717, 1.165) is 0 Å². The van der Waals surface area contributed by atoms with Crippen molar-refractivity contribution in [3.63, 3.8) is 0 Å². The number of aromatic amines is 1. The van der Waals surface area contributed by atoms with Crippen LogP contribution in [0.2, 0.25) is 10.0 Å². The molecule has 9 nitrogen and oxygen atoms in total. The van der Waals surface area contributed by atoms with E-state index in [4.69, 9.17) is 23.2 Å². The summed E-state index contributed by atoms with van der Waals surface area (Å²) in [4.78, 5) is 30.2. The van der Waals surface area contributed by atoms with Crippen molar-refractivity contribution in [3.05, 3.63) is 109 Å². The number of hydrogen-bond donors (Lipinski definition) is 3. The van der Waals surface area contributed by atoms with Crippen LogP contribution in [-0.4, -0.2) is 25.7 Å². The molecule has 3 N–H and O–H groups in total. The van der Waals surface area contributed by atoms with Gasteiger partial charge in [-0.3, -0.25) is 20.3 Å². The molecule has 33 heavy (non-hydrogen) atoms. The second-order valence-corrected chi connectivity index (χ2v) is 7.76. The number of fused-ring (bicyclic) bond motifs is 1. The molecule has 4 aromatic rings. The van der Waals surface area contributed by atoms with Crippen molar-refractivity contribution in [2.45, 2.75) is 6.10 Å². The zero-order chi connectivity index (χ0) is 23.5. The average molecular weight is 484 g/mol. The molecule has 0 aliphatic heterocycles. The molecule has 4 rings (SSSR count). The lowest BCUT2D eigenvalue weighted by Crippen LogP contribution is -2.26. The third-order valence-corrected chi connectivity index (χ3v) is 5.29. The molecule has 3 aromatic carbocycles. The normalized spacial score (nSPS) is 12.5. The third-order valence-electron chi connectivity index (χ3n) is 4.72. The summed E-state index contributed by atoms with van der Waals surface area (Å²) in [5, 5.41) is 27.0. The van der Waals surface area contributed by atoms with Crippen LogP contribution in [0, 0.1) is 10.1 Å². The number of H-pyrrole nitrogens is 1. The highest BCUT2D eigenvalue weighted by molar-refractivity contribution is 6.35. The zero-order valence-electron chi connectivity index (χ0n) is 16.7. The Hall–Kier alpha value is -3.79. The highest BCUT2D eigenvalue weighted by atomic mass is 35.5. The fourth-order valence-corrected chi connectivity index (χ4v) is 3.62. The first-order chi connectivity index (χ1) is 15.8. The highest BCUT2D eigenvalue weighted by Crippen LogP contribution is 2.28. The molecule has 11 heteroatoms. The second-order valence-electron chi connectivity index (χ2n) is 6.92. The SMILES string of the molecule is O=c1[nH]c2cc([N+](=O)[O-])ccc2nc1/C(=N/Nc1ccccc1)C(O)c1ccc(Cl)cc1Cl. The van der Waals surface area contributed by atoms with Gasteiger partial charge < -0.3 is 10.1 Å². The van der Waals surface area contributed by atoms with Gasteiger partial charge in [0.15, 0.2) is 5.69 Å². The topological polar surface area (TPSA) is 134 Å². The number of benzene rings is 3. The van der Waals surface area contributed by atoms with E-state index in [2.05, 4.69) is 20.5 Å². The summed E-state index contributed by atoms with van der Waals surface area (Å²) in [6.45, 7) is 0. The number of para-hydroxylation sites is 1. The molecular weight excluding hydrogens is 469 g/mol. The van der Waals surface area contributed by atoms with Gasteiger partial charge in [0, 0.05) is 27.7 Å². The van der Waals surface area contributed by atoms with Gasteiger partial charge in [-0.2, -0.15) is 5.10 Å². The van der Waals surface area contributed by atoms with E-state index in [1.807, 2.05) is 6.07 Å². The molecule has 1 unspecified atom stereocenters. The number of nitrogens with one attached hydrogen (secondary N) is 2. The van der Waals surface area contributed by atoms with Crippen LogP contribution >= 0.6 is 23.2 Å². The third kappa shape index (κ3) is 4.85. The number of aromatic nitrogens is 2. The number of anilines is 1. The van der Waals surface area contributed by atoms with Gasteiger partial charge in [-0.05, 0) is 30.3 Å². The Labute approximate surface area is 196 Å². The summed E-state index contributed by atoms with van der Waals surface area (Å²) >= 11 is 12.2. The number of aliphatic hydroxyl groups is 1. The Morgan fingerprint density at radius 2 is 1.88 bits per heavy atom. The number of aliphatic hydroxyl groups excluding tert-OH is 1. The van der Waals surface area contributed by atoms with Crippen LogP contribution in [0.4, 0.5) is 11.4 Å². The second kappa shape index (κ2) is 9.37. The smallest absolute Gasteiger partial charge is 0.276 e. The molecule has 0 bridgehead atoms. The number of nitrogens with zero attached hydrogens (tertiary/aromatic N) is 3. The van der Waals surface area contributed by atoms with Crippen molar-refractivity contribution in [1.82, 2.24) is 9.97 Å². The summed E-state index contributed by atoms with van der Waals surface area (Å²) in [5.41, 5.74) is 2.94. The van der Waals surface area contributed by atoms with E-state index in [0.29, 0.717) is 10.7 Å². The van der Waals surface area contributed by atoms with Gasteiger partial charge in [0.25, 0.3) is 11.2 Å². The van der Waals surface area contributed by atoms with E-state index in [1.165, 1.54) is 30.3 Å². The van der Waals surface area contributed by atoms with E-state index in [1.54, 1.807) is 30.3 Å². The number of hydrazone groups is 1. The van der Waals surface area contributed by atoms with Crippen molar-refractivity contribution in [3.8, 4) is 0 Å². The number of hydrogen-bond acceptors (Lipinski definition) is 7.